The van der Waals surface area contributed by atoms with E-state index in [2.05, 4.69) is 16.9 Å². The molecule has 2 rings (SSSR count). The molecule has 1 aromatic heterocycles. The maximum atomic E-state index is 13.6. The van der Waals surface area contributed by atoms with Crippen LogP contribution >= 0.6 is 0 Å². The van der Waals surface area contributed by atoms with Crippen molar-refractivity contribution in [1.29, 1.82) is 0 Å². The fraction of sp³-hybridized carbons (Fsp3) is 0.250. The van der Waals surface area contributed by atoms with Crippen molar-refractivity contribution in [2.45, 2.75) is 25.8 Å². The SMILES string of the molecule is C=CCC(C)(C)NC(=O)c1cnc2c(F)c(F)ccc2c1. The van der Waals surface area contributed by atoms with Gasteiger partial charge in [-0.05, 0) is 38.5 Å². The van der Waals surface area contributed by atoms with Crippen molar-refractivity contribution in [2.75, 3.05) is 0 Å². The van der Waals surface area contributed by atoms with Gasteiger partial charge in [0.25, 0.3) is 5.91 Å². The zero-order valence-electron chi connectivity index (χ0n) is 11.9. The zero-order valence-corrected chi connectivity index (χ0v) is 11.9. The molecular formula is C16H16F2N2O. The number of carbonyl (C=O) groups excluding carboxylic acids is 1. The molecule has 0 aliphatic rings. The highest BCUT2D eigenvalue weighted by atomic mass is 19.2. The quantitative estimate of drug-likeness (QED) is 0.874. The molecule has 0 aliphatic carbocycles. The summed E-state index contributed by atoms with van der Waals surface area (Å²) < 4.78 is 26.7. The summed E-state index contributed by atoms with van der Waals surface area (Å²) in [5, 5.41) is 3.22. The van der Waals surface area contributed by atoms with Gasteiger partial charge >= 0.3 is 0 Å². The van der Waals surface area contributed by atoms with Crippen LogP contribution in [0.25, 0.3) is 10.9 Å². The van der Waals surface area contributed by atoms with E-state index in [-0.39, 0.29) is 11.4 Å². The minimum absolute atomic E-state index is 0.0862. The van der Waals surface area contributed by atoms with Crippen molar-refractivity contribution >= 4 is 16.8 Å². The van der Waals surface area contributed by atoms with E-state index >= 15 is 0 Å². The third kappa shape index (κ3) is 3.24. The number of nitrogens with one attached hydrogen (secondary N) is 1. The van der Waals surface area contributed by atoms with Gasteiger partial charge in [-0.2, -0.15) is 0 Å². The fourth-order valence-corrected chi connectivity index (χ4v) is 2.06. The van der Waals surface area contributed by atoms with Crippen LogP contribution in [0.5, 0.6) is 0 Å². The van der Waals surface area contributed by atoms with Gasteiger partial charge in [0, 0.05) is 17.1 Å². The number of benzene rings is 1. The van der Waals surface area contributed by atoms with E-state index in [0.29, 0.717) is 17.4 Å². The van der Waals surface area contributed by atoms with Gasteiger partial charge < -0.3 is 5.32 Å². The lowest BCUT2D eigenvalue weighted by Crippen LogP contribution is -2.43. The molecule has 0 saturated heterocycles. The Morgan fingerprint density at radius 1 is 1.43 bits per heavy atom. The summed E-state index contributed by atoms with van der Waals surface area (Å²) in [6.07, 6.45) is 3.57. The Balaban J connectivity index is 2.33. The molecule has 0 spiro atoms. The molecule has 110 valence electrons. The van der Waals surface area contributed by atoms with E-state index in [1.54, 1.807) is 6.08 Å². The van der Waals surface area contributed by atoms with Crippen LogP contribution in [0.2, 0.25) is 0 Å². The lowest BCUT2D eigenvalue weighted by Gasteiger charge is -2.24. The van der Waals surface area contributed by atoms with E-state index in [9.17, 15) is 13.6 Å². The number of halogens is 2. The molecule has 1 amide bonds. The van der Waals surface area contributed by atoms with Crippen LogP contribution < -0.4 is 5.32 Å². The molecular weight excluding hydrogens is 274 g/mol. The van der Waals surface area contributed by atoms with Crippen molar-refractivity contribution in [1.82, 2.24) is 10.3 Å². The first-order valence-electron chi connectivity index (χ1n) is 6.51. The van der Waals surface area contributed by atoms with Gasteiger partial charge in [-0.1, -0.05) is 6.08 Å². The lowest BCUT2D eigenvalue weighted by atomic mass is 10.00. The van der Waals surface area contributed by atoms with E-state index < -0.39 is 17.2 Å². The molecule has 5 heteroatoms. The predicted octanol–water partition coefficient (Wildman–Crippen LogP) is 3.60. The molecule has 0 aliphatic heterocycles. The van der Waals surface area contributed by atoms with Crippen LogP contribution in [-0.2, 0) is 0 Å². The summed E-state index contributed by atoms with van der Waals surface area (Å²) in [5.41, 5.74) is -0.232. The summed E-state index contributed by atoms with van der Waals surface area (Å²) >= 11 is 0. The first-order valence-corrected chi connectivity index (χ1v) is 6.51. The van der Waals surface area contributed by atoms with Crippen molar-refractivity contribution in [3.63, 3.8) is 0 Å². The summed E-state index contributed by atoms with van der Waals surface area (Å²) in [6, 6.07) is 3.90. The van der Waals surface area contributed by atoms with Crippen molar-refractivity contribution < 1.29 is 13.6 Å². The van der Waals surface area contributed by atoms with E-state index in [4.69, 9.17) is 0 Å². The summed E-state index contributed by atoms with van der Waals surface area (Å²) in [5.74, 6) is -2.29. The number of pyridine rings is 1. The van der Waals surface area contributed by atoms with Crippen LogP contribution in [0.4, 0.5) is 8.78 Å². The average Bonchev–Trinajstić information content (AvgIpc) is 2.42. The second kappa shape index (κ2) is 5.60. The highest BCUT2D eigenvalue weighted by Gasteiger charge is 2.20. The van der Waals surface area contributed by atoms with Crippen molar-refractivity contribution in [3.8, 4) is 0 Å². The number of carbonyl (C=O) groups is 1. The molecule has 0 atom stereocenters. The molecule has 0 unspecified atom stereocenters. The Morgan fingerprint density at radius 2 is 2.14 bits per heavy atom. The number of fused-ring (bicyclic) bond motifs is 1. The van der Waals surface area contributed by atoms with Gasteiger partial charge in [0.1, 0.15) is 5.52 Å². The van der Waals surface area contributed by atoms with E-state index in [1.807, 2.05) is 13.8 Å². The van der Waals surface area contributed by atoms with Crippen LogP contribution in [0.3, 0.4) is 0 Å². The first kappa shape index (κ1) is 15.1. The van der Waals surface area contributed by atoms with Crippen LogP contribution in [0.15, 0.2) is 37.1 Å². The third-order valence-electron chi connectivity index (χ3n) is 3.11. The smallest absolute Gasteiger partial charge is 0.253 e. The maximum absolute atomic E-state index is 13.6. The number of nitrogens with zero attached hydrogens (tertiary/aromatic N) is 1. The lowest BCUT2D eigenvalue weighted by molar-refractivity contribution is 0.0914. The largest absolute Gasteiger partial charge is 0.347 e. The highest BCUT2D eigenvalue weighted by Crippen LogP contribution is 2.20. The molecule has 0 radical (unpaired) electrons. The zero-order chi connectivity index (χ0) is 15.6. The Hall–Kier alpha value is -2.30. The second-order valence-electron chi connectivity index (χ2n) is 5.49. The summed E-state index contributed by atoms with van der Waals surface area (Å²) in [4.78, 5) is 16.0. The molecule has 2 aromatic rings. The van der Waals surface area contributed by atoms with Crippen molar-refractivity contribution in [3.05, 3.63) is 54.2 Å². The van der Waals surface area contributed by atoms with Crippen LogP contribution in [-0.4, -0.2) is 16.4 Å². The Morgan fingerprint density at radius 3 is 2.81 bits per heavy atom. The Labute approximate surface area is 121 Å². The normalized spacial score (nSPS) is 11.4. The van der Waals surface area contributed by atoms with E-state index in [0.717, 1.165) is 6.07 Å². The number of rotatable bonds is 4. The fourth-order valence-electron chi connectivity index (χ4n) is 2.06. The molecule has 21 heavy (non-hydrogen) atoms. The molecule has 0 fully saturated rings. The molecule has 0 bridgehead atoms. The highest BCUT2D eigenvalue weighted by molar-refractivity contribution is 5.97. The molecule has 1 N–H and O–H groups in total. The number of amides is 1. The number of hydrogen-bond donors (Lipinski definition) is 1. The van der Waals surface area contributed by atoms with E-state index in [1.165, 1.54) is 18.3 Å². The van der Waals surface area contributed by atoms with Gasteiger partial charge in [-0.15, -0.1) is 6.58 Å². The van der Waals surface area contributed by atoms with Gasteiger partial charge in [0.15, 0.2) is 11.6 Å². The summed E-state index contributed by atoms with van der Waals surface area (Å²) in [6.45, 7) is 7.39. The van der Waals surface area contributed by atoms with Crippen LogP contribution in [0, 0.1) is 11.6 Å². The van der Waals surface area contributed by atoms with Gasteiger partial charge in [0.05, 0.1) is 5.56 Å². The predicted molar refractivity (Wildman–Crippen MR) is 78.0 cm³/mol. The average molecular weight is 290 g/mol. The molecule has 0 saturated carbocycles. The minimum Gasteiger partial charge on any atom is -0.347 e. The monoisotopic (exact) mass is 290 g/mol. The summed E-state index contributed by atoms with van der Waals surface area (Å²) in [7, 11) is 0. The third-order valence-corrected chi connectivity index (χ3v) is 3.11. The molecule has 3 nitrogen and oxygen atoms in total. The standard InChI is InChI=1S/C16H16F2N2O/c1-4-7-16(2,3)20-15(21)11-8-10-5-6-12(17)13(18)14(10)19-9-11/h4-6,8-9H,1,7H2,2-3H3,(H,20,21). The van der Waals surface area contributed by atoms with Gasteiger partial charge in [0.2, 0.25) is 0 Å². The molecule has 1 heterocycles. The number of hydrogen-bond acceptors (Lipinski definition) is 2. The number of aromatic nitrogens is 1. The van der Waals surface area contributed by atoms with Crippen molar-refractivity contribution in [2.24, 2.45) is 0 Å². The Bertz CT molecular complexity index is 711. The maximum Gasteiger partial charge on any atom is 0.253 e. The minimum atomic E-state index is -1.01. The topological polar surface area (TPSA) is 42.0 Å². The molecule has 1 aromatic carbocycles. The van der Waals surface area contributed by atoms with Gasteiger partial charge in [-0.25, -0.2) is 8.78 Å². The van der Waals surface area contributed by atoms with Gasteiger partial charge in [-0.3, -0.25) is 9.78 Å². The first-order chi connectivity index (χ1) is 9.84. The Kier molecular flexibility index (Phi) is 4.02. The van der Waals surface area contributed by atoms with Crippen LogP contribution in [0.1, 0.15) is 30.6 Å². The second-order valence-corrected chi connectivity index (χ2v) is 5.49.